The van der Waals surface area contributed by atoms with Crippen molar-refractivity contribution >= 4 is 6.09 Å². The lowest BCUT2D eigenvalue weighted by molar-refractivity contribution is 0.0487. The first-order valence-corrected chi connectivity index (χ1v) is 10.5. The average Bonchev–Trinajstić information content (AvgIpc) is 3.14. The molecule has 29 heavy (non-hydrogen) atoms. The molecule has 1 aromatic carbocycles. The van der Waals surface area contributed by atoms with Crippen LogP contribution in [0.2, 0.25) is 0 Å². The Labute approximate surface area is 172 Å². The molecule has 0 radical (unpaired) electrons. The summed E-state index contributed by atoms with van der Waals surface area (Å²) >= 11 is 0. The van der Waals surface area contributed by atoms with Gasteiger partial charge in [-0.25, -0.2) is 4.79 Å². The lowest BCUT2D eigenvalue weighted by Gasteiger charge is -2.34. The number of alkyl carbamates (subject to hydrolysis) is 1. The Morgan fingerprint density at radius 3 is 2.72 bits per heavy atom. The average molecular weight is 401 g/mol. The molecule has 1 fully saturated rings. The fourth-order valence-corrected chi connectivity index (χ4v) is 3.51. The minimum Gasteiger partial charge on any atom is -0.444 e. The van der Waals surface area contributed by atoms with Crippen LogP contribution < -0.4 is 5.32 Å². The Morgan fingerprint density at radius 2 is 2.03 bits per heavy atom. The van der Waals surface area contributed by atoms with E-state index in [4.69, 9.17) is 9.26 Å². The number of piperidine rings is 1. The third-order valence-corrected chi connectivity index (χ3v) is 5.06. The lowest BCUT2D eigenvalue weighted by Crippen LogP contribution is -2.47. The first-order valence-electron chi connectivity index (χ1n) is 10.5. The van der Waals surface area contributed by atoms with Gasteiger partial charge in [-0.2, -0.15) is 4.98 Å². The maximum Gasteiger partial charge on any atom is 0.407 e. The van der Waals surface area contributed by atoms with Crippen molar-refractivity contribution in [2.24, 2.45) is 0 Å². The first-order chi connectivity index (χ1) is 13.8. The Bertz CT molecular complexity index is 795. The Hall–Kier alpha value is -2.41. The zero-order valence-electron chi connectivity index (χ0n) is 17.9. The summed E-state index contributed by atoms with van der Waals surface area (Å²) in [5.41, 5.74) is 1.75. The summed E-state index contributed by atoms with van der Waals surface area (Å²) in [6, 6.07) is 8.47. The predicted molar refractivity (Wildman–Crippen MR) is 111 cm³/mol. The molecule has 1 aliphatic rings. The number of amides is 1. The smallest absolute Gasteiger partial charge is 0.407 e. The van der Waals surface area contributed by atoms with Crippen LogP contribution in [0.5, 0.6) is 0 Å². The van der Waals surface area contributed by atoms with Crippen molar-refractivity contribution < 1.29 is 14.1 Å². The van der Waals surface area contributed by atoms with Crippen molar-refractivity contribution in [2.45, 2.75) is 71.6 Å². The van der Waals surface area contributed by atoms with Crippen LogP contribution in [0.4, 0.5) is 4.79 Å². The molecule has 2 heterocycles. The maximum atomic E-state index is 12.0. The van der Waals surface area contributed by atoms with Crippen molar-refractivity contribution in [1.29, 1.82) is 0 Å². The van der Waals surface area contributed by atoms with Crippen LogP contribution in [-0.2, 0) is 17.7 Å². The summed E-state index contributed by atoms with van der Waals surface area (Å²) in [5.74, 6) is 1.21. The minimum absolute atomic E-state index is 0.232. The minimum atomic E-state index is -0.494. The van der Waals surface area contributed by atoms with Crippen LogP contribution in [0, 0.1) is 0 Å². The van der Waals surface area contributed by atoms with Gasteiger partial charge in [0.05, 0.1) is 6.54 Å². The van der Waals surface area contributed by atoms with Crippen LogP contribution in [0.25, 0.3) is 11.4 Å². The summed E-state index contributed by atoms with van der Waals surface area (Å²) < 4.78 is 10.8. The van der Waals surface area contributed by atoms with E-state index < -0.39 is 5.60 Å². The highest BCUT2D eigenvalue weighted by Gasteiger charge is 2.26. The van der Waals surface area contributed by atoms with E-state index >= 15 is 0 Å². The highest BCUT2D eigenvalue weighted by atomic mass is 16.6. The molecule has 1 N–H and O–H groups in total. The molecule has 2 aromatic rings. The molecule has 1 aromatic heterocycles. The van der Waals surface area contributed by atoms with Crippen molar-refractivity contribution in [1.82, 2.24) is 20.4 Å². The van der Waals surface area contributed by atoms with Crippen molar-refractivity contribution in [3.8, 4) is 11.4 Å². The summed E-state index contributed by atoms with van der Waals surface area (Å²) in [7, 11) is 0. The number of aromatic nitrogens is 2. The van der Waals surface area contributed by atoms with Gasteiger partial charge in [0.15, 0.2) is 0 Å². The third-order valence-electron chi connectivity index (χ3n) is 5.06. The van der Waals surface area contributed by atoms with E-state index in [0.717, 1.165) is 37.8 Å². The van der Waals surface area contributed by atoms with Crippen molar-refractivity contribution in [2.75, 3.05) is 13.1 Å². The SMILES string of the molecule is CCc1ccc(-c2noc(CN3CCCCC3CNC(=O)OC(C)(C)C)n2)cc1. The van der Waals surface area contributed by atoms with Gasteiger partial charge in [0.2, 0.25) is 11.7 Å². The molecule has 0 aliphatic carbocycles. The van der Waals surface area contributed by atoms with Gasteiger partial charge in [0.25, 0.3) is 0 Å². The molecule has 1 saturated heterocycles. The number of nitrogens with zero attached hydrogens (tertiary/aromatic N) is 3. The van der Waals surface area contributed by atoms with Gasteiger partial charge in [0.1, 0.15) is 5.60 Å². The van der Waals surface area contributed by atoms with Gasteiger partial charge in [0, 0.05) is 18.2 Å². The number of benzene rings is 1. The summed E-state index contributed by atoms with van der Waals surface area (Å²) in [6.45, 7) is 9.81. The fourth-order valence-electron chi connectivity index (χ4n) is 3.51. The molecule has 3 rings (SSSR count). The molecule has 1 atom stereocenters. The molecule has 0 saturated carbocycles. The standard InChI is InChI=1S/C22H32N4O3/c1-5-16-9-11-17(12-10-16)20-24-19(29-25-20)15-26-13-7-6-8-18(26)14-23-21(27)28-22(2,3)4/h9-12,18H,5-8,13-15H2,1-4H3,(H,23,27). The molecule has 7 heteroatoms. The topological polar surface area (TPSA) is 80.5 Å². The van der Waals surface area contributed by atoms with Gasteiger partial charge in [-0.3, -0.25) is 4.90 Å². The van der Waals surface area contributed by atoms with Gasteiger partial charge < -0.3 is 14.6 Å². The Morgan fingerprint density at radius 1 is 1.28 bits per heavy atom. The molecule has 0 spiro atoms. The zero-order chi connectivity index (χ0) is 20.9. The quantitative estimate of drug-likeness (QED) is 0.783. The molecule has 1 aliphatic heterocycles. The normalized spacial score (nSPS) is 17.9. The number of carbonyl (C=O) groups is 1. The number of rotatable bonds is 6. The molecular formula is C22H32N4O3. The number of ether oxygens (including phenoxy) is 1. The van der Waals surface area contributed by atoms with E-state index in [1.807, 2.05) is 32.9 Å². The molecule has 1 amide bonds. The van der Waals surface area contributed by atoms with Crippen molar-refractivity contribution in [3.05, 3.63) is 35.7 Å². The number of hydrogen-bond donors (Lipinski definition) is 1. The number of aryl methyl sites for hydroxylation is 1. The van der Waals surface area contributed by atoms with E-state index in [1.165, 1.54) is 5.56 Å². The van der Waals surface area contributed by atoms with E-state index in [1.54, 1.807) is 0 Å². The lowest BCUT2D eigenvalue weighted by atomic mass is 10.0. The van der Waals surface area contributed by atoms with Gasteiger partial charge >= 0.3 is 6.09 Å². The second kappa shape index (κ2) is 9.39. The van der Waals surface area contributed by atoms with Crippen LogP contribution in [-0.4, -0.2) is 45.9 Å². The van der Waals surface area contributed by atoms with Crippen molar-refractivity contribution in [3.63, 3.8) is 0 Å². The largest absolute Gasteiger partial charge is 0.444 e. The number of nitrogens with one attached hydrogen (secondary N) is 1. The highest BCUT2D eigenvalue weighted by molar-refractivity contribution is 5.67. The summed E-state index contributed by atoms with van der Waals surface area (Å²) in [4.78, 5) is 18.9. The molecule has 158 valence electrons. The maximum absolute atomic E-state index is 12.0. The monoisotopic (exact) mass is 400 g/mol. The van der Waals surface area contributed by atoms with E-state index in [-0.39, 0.29) is 12.1 Å². The first kappa shape index (κ1) is 21.3. The Kier molecular flexibility index (Phi) is 6.90. The van der Waals surface area contributed by atoms with Gasteiger partial charge in [-0.05, 0) is 52.1 Å². The van der Waals surface area contributed by atoms with Gasteiger partial charge in [-0.1, -0.05) is 42.8 Å². The summed E-state index contributed by atoms with van der Waals surface area (Å²) in [6.07, 6.45) is 3.93. The second-order valence-corrected chi connectivity index (χ2v) is 8.57. The number of hydrogen-bond acceptors (Lipinski definition) is 6. The van der Waals surface area contributed by atoms with Crippen LogP contribution in [0.3, 0.4) is 0 Å². The van der Waals surface area contributed by atoms with E-state index in [9.17, 15) is 4.79 Å². The van der Waals surface area contributed by atoms with Crippen LogP contribution >= 0.6 is 0 Å². The Balaban J connectivity index is 1.58. The zero-order valence-corrected chi connectivity index (χ0v) is 17.9. The third kappa shape index (κ3) is 6.29. The number of likely N-dealkylation sites (tertiary alicyclic amines) is 1. The number of carbonyl (C=O) groups excluding carboxylic acids is 1. The molecule has 0 bridgehead atoms. The van der Waals surface area contributed by atoms with Crippen LogP contribution in [0.1, 0.15) is 58.4 Å². The second-order valence-electron chi connectivity index (χ2n) is 8.57. The summed E-state index contributed by atoms with van der Waals surface area (Å²) in [5, 5.41) is 7.04. The molecule has 7 nitrogen and oxygen atoms in total. The molecule has 1 unspecified atom stereocenters. The van der Waals surface area contributed by atoms with Crippen LogP contribution in [0.15, 0.2) is 28.8 Å². The van der Waals surface area contributed by atoms with E-state index in [0.29, 0.717) is 24.8 Å². The van der Waals surface area contributed by atoms with Gasteiger partial charge in [-0.15, -0.1) is 0 Å². The fraction of sp³-hybridized carbons (Fsp3) is 0.591. The molecular weight excluding hydrogens is 368 g/mol. The predicted octanol–water partition coefficient (Wildman–Crippen LogP) is 4.18. The highest BCUT2D eigenvalue weighted by Crippen LogP contribution is 2.21. The van der Waals surface area contributed by atoms with E-state index in [2.05, 4.69) is 39.4 Å².